The number of hydrogen-bond acceptors (Lipinski definition) is 2. The lowest BCUT2D eigenvalue weighted by atomic mass is 9.90. The summed E-state index contributed by atoms with van der Waals surface area (Å²) in [4.78, 5) is 0. The van der Waals surface area contributed by atoms with E-state index in [2.05, 4.69) is 31.1 Å². The molecule has 96 valence electrons. The second-order valence-electron chi connectivity index (χ2n) is 5.16. The number of hydrogen-bond donors (Lipinski definition) is 0. The van der Waals surface area contributed by atoms with Crippen LogP contribution in [0.15, 0.2) is 24.3 Å². The van der Waals surface area contributed by atoms with Crippen molar-refractivity contribution in [2.75, 3.05) is 0 Å². The topological polar surface area (TPSA) is 30.7 Å². The maximum atomic E-state index is 12.9. The zero-order valence-corrected chi connectivity index (χ0v) is 11.4. The average Bonchev–Trinajstić information content (AvgIpc) is 2.73. The fraction of sp³-hybridized carbons (Fsp3) is 0.385. The summed E-state index contributed by atoms with van der Waals surface area (Å²) < 4.78 is 14.7. The van der Waals surface area contributed by atoms with Gasteiger partial charge in [-0.3, -0.25) is 0 Å². The van der Waals surface area contributed by atoms with Crippen LogP contribution in [0.25, 0.3) is 5.69 Å². The van der Waals surface area contributed by atoms with Crippen LogP contribution in [0.4, 0.5) is 4.39 Å². The van der Waals surface area contributed by atoms with Crippen LogP contribution in [-0.4, -0.2) is 15.0 Å². The number of rotatable bonds is 2. The van der Waals surface area contributed by atoms with E-state index in [1.165, 1.54) is 12.1 Å². The lowest BCUT2D eigenvalue weighted by Crippen LogP contribution is -2.19. The number of nitrogens with zero attached hydrogens (tertiary/aromatic N) is 3. The van der Waals surface area contributed by atoms with E-state index >= 15 is 0 Å². The van der Waals surface area contributed by atoms with Gasteiger partial charge in [-0.15, -0.1) is 16.7 Å². The summed E-state index contributed by atoms with van der Waals surface area (Å²) in [6.45, 7) is 6.21. The molecule has 1 heterocycles. The van der Waals surface area contributed by atoms with Crippen LogP contribution in [-0.2, 0) is 11.3 Å². The van der Waals surface area contributed by atoms with Gasteiger partial charge in [0.25, 0.3) is 0 Å². The maximum Gasteiger partial charge on any atom is 0.123 e. The van der Waals surface area contributed by atoms with E-state index in [1.54, 1.807) is 16.8 Å². The van der Waals surface area contributed by atoms with E-state index in [1.807, 2.05) is 0 Å². The summed E-state index contributed by atoms with van der Waals surface area (Å²) in [5, 5.41) is 8.20. The standard InChI is InChI=1S/C13H15ClFN3/c1-13(2,3)12-11(8-14)16-17-18(12)10-6-4-9(15)5-7-10/h4-7H,8H2,1-3H3. The van der Waals surface area contributed by atoms with Gasteiger partial charge >= 0.3 is 0 Å². The van der Waals surface area contributed by atoms with Crippen molar-refractivity contribution in [2.24, 2.45) is 0 Å². The summed E-state index contributed by atoms with van der Waals surface area (Å²) in [5.41, 5.74) is 2.35. The zero-order valence-electron chi connectivity index (χ0n) is 10.6. The molecule has 0 saturated heterocycles. The molecular formula is C13H15ClFN3. The Morgan fingerprint density at radius 1 is 1.22 bits per heavy atom. The maximum absolute atomic E-state index is 12.9. The van der Waals surface area contributed by atoms with Gasteiger partial charge in [-0.1, -0.05) is 26.0 Å². The first-order chi connectivity index (χ1) is 8.43. The minimum Gasteiger partial charge on any atom is -0.217 e. The summed E-state index contributed by atoms with van der Waals surface area (Å²) in [5.74, 6) is 0.0436. The van der Waals surface area contributed by atoms with Gasteiger partial charge in [-0.2, -0.15) is 0 Å². The third kappa shape index (κ3) is 2.38. The number of halogens is 2. The molecule has 0 fully saturated rings. The van der Waals surface area contributed by atoms with Crippen LogP contribution >= 0.6 is 11.6 Å². The van der Waals surface area contributed by atoms with Gasteiger partial charge in [-0.25, -0.2) is 9.07 Å². The molecule has 3 nitrogen and oxygen atoms in total. The van der Waals surface area contributed by atoms with Crippen molar-refractivity contribution in [2.45, 2.75) is 32.1 Å². The first kappa shape index (κ1) is 13.0. The van der Waals surface area contributed by atoms with Gasteiger partial charge in [0.1, 0.15) is 11.5 Å². The molecule has 0 radical (unpaired) electrons. The summed E-state index contributed by atoms with van der Waals surface area (Å²) >= 11 is 5.89. The summed E-state index contributed by atoms with van der Waals surface area (Å²) in [6, 6.07) is 6.17. The van der Waals surface area contributed by atoms with E-state index in [9.17, 15) is 4.39 Å². The molecule has 0 saturated carbocycles. The predicted octanol–water partition coefficient (Wildman–Crippen LogP) is 3.44. The van der Waals surface area contributed by atoms with Crippen LogP contribution in [0.5, 0.6) is 0 Å². The first-order valence-electron chi connectivity index (χ1n) is 5.70. The molecule has 5 heteroatoms. The monoisotopic (exact) mass is 267 g/mol. The highest BCUT2D eigenvalue weighted by atomic mass is 35.5. The van der Waals surface area contributed by atoms with Gasteiger partial charge in [0.2, 0.25) is 0 Å². The molecule has 0 bridgehead atoms. The van der Waals surface area contributed by atoms with Gasteiger partial charge in [-0.05, 0) is 24.3 Å². The second-order valence-corrected chi connectivity index (χ2v) is 5.42. The molecule has 1 aromatic carbocycles. The largest absolute Gasteiger partial charge is 0.217 e. The number of benzene rings is 1. The molecule has 0 aliphatic rings. The highest BCUT2D eigenvalue weighted by molar-refractivity contribution is 6.17. The van der Waals surface area contributed by atoms with Crippen molar-refractivity contribution in [3.8, 4) is 5.69 Å². The van der Waals surface area contributed by atoms with E-state index in [0.717, 1.165) is 17.1 Å². The van der Waals surface area contributed by atoms with Gasteiger partial charge in [0, 0.05) is 5.41 Å². The van der Waals surface area contributed by atoms with Gasteiger partial charge in [0.05, 0.1) is 17.3 Å². The smallest absolute Gasteiger partial charge is 0.123 e. The third-order valence-corrected chi connectivity index (χ3v) is 2.90. The summed E-state index contributed by atoms with van der Waals surface area (Å²) in [6.07, 6.45) is 0. The number of alkyl halides is 1. The van der Waals surface area contributed by atoms with E-state index in [4.69, 9.17) is 11.6 Å². The minimum absolute atomic E-state index is 0.137. The Hall–Kier alpha value is -1.42. The molecule has 2 rings (SSSR count). The molecule has 0 unspecified atom stereocenters. The Bertz CT molecular complexity index is 540. The molecule has 1 aromatic heterocycles. The first-order valence-corrected chi connectivity index (χ1v) is 6.24. The molecule has 0 aliphatic heterocycles. The van der Waals surface area contributed by atoms with Crippen molar-refractivity contribution >= 4 is 11.6 Å². The molecule has 0 N–H and O–H groups in total. The van der Waals surface area contributed by atoms with Crippen LogP contribution in [0.3, 0.4) is 0 Å². The molecular weight excluding hydrogens is 253 g/mol. The molecule has 0 amide bonds. The average molecular weight is 268 g/mol. The van der Waals surface area contributed by atoms with Crippen molar-refractivity contribution in [3.05, 3.63) is 41.5 Å². The Morgan fingerprint density at radius 2 is 1.83 bits per heavy atom. The van der Waals surface area contributed by atoms with Crippen molar-refractivity contribution in [3.63, 3.8) is 0 Å². The fourth-order valence-electron chi connectivity index (χ4n) is 1.92. The molecule has 18 heavy (non-hydrogen) atoms. The number of aromatic nitrogens is 3. The SMILES string of the molecule is CC(C)(C)c1c(CCl)nnn1-c1ccc(F)cc1. The van der Waals surface area contributed by atoms with E-state index in [0.29, 0.717) is 5.88 Å². The Kier molecular flexibility index (Phi) is 3.39. The highest BCUT2D eigenvalue weighted by Gasteiger charge is 2.25. The van der Waals surface area contributed by atoms with Crippen molar-refractivity contribution in [1.29, 1.82) is 0 Å². The van der Waals surface area contributed by atoms with Crippen molar-refractivity contribution in [1.82, 2.24) is 15.0 Å². The van der Waals surface area contributed by atoms with Crippen LogP contribution in [0.1, 0.15) is 32.2 Å². The third-order valence-electron chi connectivity index (χ3n) is 2.65. The Balaban J connectivity index is 2.58. The van der Waals surface area contributed by atoms with Crippen molar-refractivity contribution < 1.29 is 4.39 Å². The highest BCUT2D eigenvalue weighted by Crippen LogP contribution is 2.27. The zero-order chi connectivity index (χ0) is 13.3. The minimum atomic E-state index is -0.270. The molecule has 0 atom stereocenters. The fourth-order valence-corrected chi connectivity index (χ4v) is 2.10. The molecule has 0 spiro atoms. The van der Waals surface area contributed by atoms with E-state index < -0.39 is 0 Å². The molecule has 0 aliphatic carbocycles. The van der Waals surface area contributed by atoms with Crippen LogP contribution < -0.4 is 0 Å². The Morgan fingerprint density at radius 3 is 2.33 bits per heavy atom. The Labute approximate surface area is 111 Å². The van der Waals surface area contributed by atoms with Gasteiger partial charge in [0.15, 0.2) is 0 Å². The lowest BCUT2D eigenvalue weighted by molar-refractivity contribution is 0.539. The second kappa shape index (κ2) is 4.69. The predicted molar refractivity (Wildman–Crippen MR) is 69.6 cm³/mol. The van der Waals surface area contributed by atoms with Crippen LogP contribution in [0, 0.1) is 5.82 Å². The lowest BCUT2D eigenvalue weighted by Gasteiger charge is -2.20. The summed E-state index contributed by atoms with van der Waals surface area (Å²) in [7, 11) is 0. The van der Waals surface area contributed by atoms with Crippen LogP contribution in [0.2, 0.25) is 0 Å². The van der Waals surface area contributed by atoms with Gasteiger partial charge < -0.3 is 0 Å². The quantitative estimate of drug-likeness (QED) is 0.781. The normalized spacial score (nSPS) is 11.8. The van der Waals surface area contributed by atoms with E-state index in [-0.39, 0.29) is 11.2 Å². The molecule has 2 aromatic rings.